The van der Waals surface area contributed by atoms with Crippen molar-refractivity contribution in [2.45, 2.75) is 162 Å². The fraction of sp³-hybridized carbons (Fsp3) is 0.604. The van der Waals surface area contributed by atoms with E-state index in [1.165, 1.54) is 17.8 Å². The van der Waals surface area contributed by atoms with Crippen LogP contribution in [-0.2, 0) is 14.4 Å². The predicted octanol–water partition coefficient (Wildman–Crippen LogP) is 9.51. The second-order valence-electron chi connectivity index (χ2n) is 17.4. The molecule has 0 saturated carbocycles. The van der Waals surface area contributed by atoms with Gasteiger partial charge in [-0.05, 0) is 25.3 Å². The van der Waals surface area contributed by atoms with Gasteiger partial charge in [-0.25, -0.2) is 5.48 Å². The molecule has 0 spiro atoms. The topological polar surface area (TPSA) is 301 Å². The van der Waals surface area contributed by atoms with E-state index in [9.17, 15) is 24.0 Å². The Labute approximate surface area is 429 Å². The molecule has 1 aliphatic rings. The van der Waals surface area contributed by atoms with Crippen molar-refractivity contribution >= 4 is 40.9 Å². The quantitative estimate of drug-likeness (QED) is 0.0761. The number of amidine groups is 1. The summed E-state index contributed by atoms with van der Waals surface area (Å²) in [5.41, 5.74) is 4.39. The van der Waals surface area contributed by atoms with Gasteiger partial charge in [0.1, 0.15) is 23.6 Å². The lowest BCUT2D eigenvalue weighted by molar-refractivity contribution is -0.124. The summed E-state index contributed by atoms with van der Waals surface area (Å²) in [6, 6.07) is 3.61. The lowest BCUT2D eigenvalue weighted by Gasteiger charge is -2.01. The number of aromatic hydroxyl groups is 1. The summed E-state index contributed by atoms with van der Waals surface area (Å²) in [5.74, 6) is 5.11. The van der Waals surface area contributed by atoms with Gasteiger partial charge in [-0.15, -0.1) is 10.2 Å². The zero-order valence-electron chi connectivity index (χ0n) is 43.8. The summed E-state index contributed by atoms with van der Waals surface area (Å²) in [7, 11) is 3.28. The highest BCUT2D eigenvalue weighted by Gasteiger charge is 2.12. The van der Waals surface area contributed by atoms with E-state index in [4.69, 9.17) is 18.9 Å². The highest BCUT2D eigenvalue weighted by Crippen LogP contribution is 2.15. The van der Waals surface area contributed by atoms with E-state index < -0.39 is 0 Å². The van der Waals surface area contributed by atoms with Crippen LogP contribution in [0.2, 0.25) is 0 Å². The van der Waals surface area contributed by atoms with E-state index in [2.05, 4.69) is 94.3 Å². The Kier molecular flexibility index (Phi) is 38.7. The second kappa shape index (κ2) is 38.5. The molecule has 0 aliphatic carbocycles. The first-order valence-corrected chi connectivity index (χ1v) is 24.0. The Hall–Kier alpha value is -6.23. The van der Waals surface area contributed by atoms with Crippen LogP contribution < -0.4 is 32.7 Å². The third-order valence-corrected chi connectivity index (χ3v) is 10.1. The van der Waals surface area contributed by atoms with Crippen LogP contribution in [0.15, 0.2) is 65.4 Å². The molecule has 71 heavy (non-hydrogen) atoms. The number of amides is 2. The maximum atomic E-state index is 11.1. The number of aliphatic imine (C=N–C) groups is 1. The molecule has 0 saturated heterocycles. The zero-order chi connectivity index (χ0) is 53.6. The molecular formula is C48H86N12O9S2. The number of H-pyrrole nitrogens is 3. The summed E-state index contributed by atoms with van der Waals surface area (Å²) < 4.78 is 18.8. The number of aryl methyl sites for hydroxylation is 1. The highest BCUT2D eigenvalue weighted by molar-refractivity contribution is 7.05. The number of carbonyl (C=O) groups is 2. The summed E-state index contributed by atoms with van der Waals surface area (Å²) in [6.07, 6.45) is 2.40. The second-order valence-corrected chi connectivity index (χ2v) is 18.8. The number of aromatic nitrogens is 8. The van der Waals surface area contributed by atoms with Crippen LogP contribution >= 0.6 is 23.3 Å². The van der Waals surface area contributed by atoms with Gasteiger partial charge >= 0.3 is 0 Å². The van der Waals surface area contributed by atoms with E-state index in [0.717, 1.165) is 46.0 Å². The van der Waals surface area contributed by atoms with E-state index in [0.29, 0.717) is 40.8 Å². The van der Waals surface area contributed by atoms with Crippen molar-refractivity contribution < 1.29 is 28.5 Å². The summed E-state index contributed by atoms with van der Waals surface area (Å²) in [5, 5.41) is 31.1. The first-order valence-electron chi connectivity index (χ1n) is 22.4. The Bertz CT molecular complexity index is 2350. The molecule has 0 bridgehead atoms. The minimum atomic E-state index is -0.341. The Morgan fingerprint density at radius 3 is 1.52 bits per heavy atom. The van der Waals surface area contributed by atoms with Crippen LogP contribution in [0, 0.1) is 24.7 Å². The van der Waals surface area contributed by atoms with E-state index in [-0.39, 0.29) is 72.6 Å². The molecule has 404 valence electrons. The van der Waals surface area contributed by atoms with Crippen molar-refractivity contribution in [1.82, 2.24) is 55.0 Å². The largest absolute Gasteiger partial charge is 0.502 e. The number of hydroxylamine groups is 1. The van der Waals surface area contributed by atoms with Crippen LogP contribution in [0.25, 0.3) is 0 Å². The fourth-order valence-electron chi connectivity index (χ4n) is 4.17. The molecule has 5 aromatic heterocycles. The monoisotopic (exact) mass is 1040 g/mol. The maximum absolute atomic E-state index is 11.1. The molecule has 0 atom stereocenters. The number of nitrogens with zero attached hydrogens (tertiary/aromatic N) is 6. The van der Waals surface area contributed by atoms with Crippen molar-refractivity contribution in [3.63, 3.8) is 0 Å². The third-order valence-electron chi connectivity index (χ3n) is 8.37. The number of nitrogens with one attached hydrogen (secondary N) is 6. The average Bonchev–Trinajstić information content (AvgIpc) is 4.15. The lowest BCUT2D eigenvalue weighted by atomic mass is 10.1. The number of aromatic amines is 3. The molecule has 2 amide bonds. The van der Waals surface area contributed by atoms with Crippen molar-refractivity contribution in [2.24, 2.45) is 22.7 Å². The van der Waals surface area contributed by atoms with Gasteiger partial charge in [0.15, 0.2) is 11.6 Å². The summed E-state index contributed by atoms with van der Waals surface area (Å²) in [4.78, 5) is 63.1. The van der Waals surface area contributed by atoms with E-state index in [1.807, 2.05) is 96.1 Å². The fourth-order valence-corrected chi connectivity index (χ4v) is 5.47. The molecule has 0 unspecified atom stereocenters. The van der Waals surface area contributed by atoms with Gasteiger partial charge in [0.05, 0.1) is 12.0 Å². The average molecular weight is 1040 g/mol. The van der Waals surface area contributed by atoms with E-state index >= 15 is 0 Å². The highest BCUT2D eigenvalue weighted by atomic mass is 32.1. The first kappa shape index (κ1) is 71.3. The van der Waals surface area contributed by atoms with Crippen molar-refractivity contribution in [3.8, 4) is 5.75 Å². The van der Waals surface area contributed by atoms with Crippen molar-refractivity contribution in [1.29, 1.82) is 0 Å². The predicted molar refractivity (Wildman–Crippen MR) is 287 cm³/mol. The molecule has 6 heterocycles. The lowest BCUT2D eigenvalue weighted by Crippen LogP contribution is -2.22. The van der Waals surface area contributed by atoms with Crippen molar-refractivity contribution in [2.75, 3.05) is 14.1 Å². The van der Waals surface area contributed by atoms with Crippen LogP contribution in [0.1, 0.15) is 189 Å². The van der Waals surface area contributed by atoms with Gasteiger partial charge < -0.3 is 29.5 Å². The molecule has 7 N–H and O–H groups in total. The number of carbonyl (C=O) groups excluding carboxylic acids is 2. The number of rotatable bonds is 8. The van der Waals surface area contributed by atoms with Crippen molar-refractivity contribution in [3.05, 3.63) is 101 Å². The number of hydrogen-bond donors (Lipinski definition) is 7. The molecule has 0 fully saturated rings. The first-order chi connectivity index (χ1) is 32.1. The minimum Gasteiger partial charge on any atom is -0.502 e. The Morgan fingerprint density at radius 2 is 1.31 bits per heavy atom. The van der Waals surface area contributed by atoms with Crippen LogP contribution in [0.3, 0.4) is 0 Å². The normalized spacial score (nSPS) is 10.8. The Balaban J connectivity index is -0.000000361. The minimum absolute atomic E-state index is 0. The summed E-state index contributed by atoms with van der Waals surface area (Å²) in [6.45, 7) is 36.9. The van der Waals surface area contributed by atoms with Crippen LogP contribution in [0.5, 0.6) is 5.75 Å². The van der Waals surface area contributed by atoms with Gasteiger partial charge in [-0.1, -0.05) is 148 Å². The zero-order valence-corrected chi connectivity index (χ0v) is 45.5. The van der Waals surface area contributed by atoms with Gasteiger partial charge in [-0.2, -0.15) is 14.6 Å². The van der Waals surface area contributed by atoms with Crippen LogP contribution in [0.4, 0.5) is 0 Å². The molecule has 1 aliphatic heterocycles. The van der Waals surface area contributed by atoms with Gasteiger partial charge in [0.25, 0.3) is 11.1 Å². The maximum Gasteiger partial charge on any atom is 0.281 e. The SMILES string of the molecule is C.C.C=C1N=C(C(C)C)NO1.CC(C)c1cc(=O)[nH]s1.CC(C)c1cocc(O)c1=O.CC(C)c1nn[nH]n1.CC(C)c1ns[nH]c1=O.CNC(=O)C(C)C.CNC(=O)C(C)C.Cc1cc(C(C)C)on1. The Morgan fingerprint density at radius 1 is 0.746 bits per heavy atom. The van der Waals surface area contributed by atoms with Gasteiger partial charge in [0, 0.05) is 83.9 Å². The smallest absolute Gasteiger partial charge is 0.281 e. The van der Waals surface area contributed by atoms with E-state index in [1.54, 1.807) is 20.2 Å². The number of tetrazole rings is 1. The third kappa shape index (κ3) is 31.6. The van der Waals surface area contributed by atoms with Gasteiger partial charge in [0.2, 0.25) is 23.1 Å². The molecule has 23 heteroatoms. The standard InChI is InChI=1S/C8H10O3.C7H11NO.C6H10N2O.C6H9NOS.C5H8N2OS.2C5H11NO.C4H8N4.2CH4/c1-5(2)6-3-11-4-7(9)8(6)10;1-5(2)7-4-6(3)8-9-7;1-4(2)6-7-5(3)9-8-6;1-4(2)5-3-6(8)7-9-5;1-3(2)4-5(8)7-9-6-4;2*1-4(2)5(7)6-3;1-3(2)4-5-7-8-6-4;;/h3-5,9H,1-2H3;4-5H,1-3H3;4H,3H2,1-2H3,(H,7,8);3-4H,1-2H3,(H,7,8);3H,1-2H3,(H,7,8);2*4H,1-3H3,(H,6,7);3H,1-2H3,(H,5,6,7,8);2*1H4. The number of hydrogen-bond acceptors (Lipinski definition) is 18. The molecular weight excluding hydrogens is 953 g/mol. The molecule has 5 aromatic rings. The molecule has 6 rings (SSSR count). The summed E-state index contributed by atoms with van der Waals surface area (Å²) >= 11 is 2.53. The van der Waals surface area contributed by atoms with Crippen LogP contribution in [-0.4, -0.2) is 75.8 Å². The molecule has 21 nitrogen and oxygen atoms in total. The molecule has 0 radical (unpaired) electrons. The molecule has 0 aromatic carbocycles. The van der Waals surface area contributed by atoms with Gasteiger partial charge in [-0.3, -0.25) is 32.7 Å².